The van der Waals surface area contributed by atoms with Gasteiger partial charge in [0.05, 0.1) is 47.8 Å². The van der Waals surface area contributed by atoms with Crippen molar-refractivity contribution in [1.29, 1.82) is 0 Å². The highest BCUT2D eigenvalue weighted by Crippen LogP contribution is 2.31. The average molecular weight is 488 g/mol. The number of fused-ring (bicyclic) bond motifs is 1. The summed E-state index contributed by atoms with van der Waals surface area (Å²) in [4.78, 5) is 20.8. The predicted octanol–water partition coefficient (Wildman–Crippen LogP) is 4.11. The molecule has 0 aromatic heterocycles. The zero-order chi connectivity index (χ0) is 22.8. The molecule has 3 saturated heterocycles. The number of ether oxygens (including phenoxy) is 1. The summed E-state index contributed by atoms with van der Waals surface area (Å²) in [6.07, 6.45) is 2.78. The zero-order valence-electron chi connectivity index (χ0n) is 18.8. The molecule has 0 bridgehead atoms. The van der Waals surface area contributed by atoms with Crippen molar-refractivity contribution in [3.63, 3.8) is 0 Å². The van der Waals surface area contributed by atoms with Crippen LogP contribution in [0, 0.1) is 0 Å². The number of halogens is 2. The highest BCUT2D eigenvalue weighted by Gasteiger charge is 2.47. The molecule has 1 unspecified atom stereocenters. The molecule has 3 aliphatic rings. The number of likely N-dealkylation sites (tertiary alicyclic amines) is 1. The molecular formula is C26H31Cl2N3O2. The molecule has 1 amide bonds. The van der Waals surface area contributed by atoms with Crippen molar-refractivity contribution in [2.75, 3.05) is 39.4 Å². The van der Waals surface area contributed by atoms with Crippen LogP contribution in [0.5, 0.6) is 0 Å². The fourth-order valence-electron chi connectivity index (χ4n) is 5.68. The second-order valence-corrected chi connectivity index (χ2v) is 10.2. The quantitative estimate of drug-likeness (QED) is 0.635. The fourth-order valence-corrected chi connectivity index (χ4v) is 6.00. The minimum absolute atomic E-state index is 0.129. The van der Waals surface area contributed by atoms with E-state index in [1.165, 1.54) is 18.4 Å². The van der Waals surface area contributed by atoms with Gasteiger partial charge in [0.1, 0.15) is 0 Å². The predicted molar refractivity (Wildman–Crippen MR) is 132 cm³/mol. The van der Waals surface area contributed by atoms with Gasteiger partial charge in [-0.15, -0.1) is 0 Å². The molecule has 2 aromatic carbocycles. The lowest BCUT2D eigenvalue weighted by Crippen LogP contribution is -2.71. The molecule has 7 heteroatoms. The van der Waals surface area contributed by atoms with Crippen molar-refractivity contribution in [3.05, 3.63) is 69.7 Å². The average Bonchev–Trinajstić information content (AvgIpc) is 3.37. The zero-order valence-corrected chi connectivity index (χ0v) is 20.3. The summed E-state index contributed by atoms with van der Waals surface area (Å²) in [6.45, 7) is 6.00. The Balaban J connectivity index is 1.39. The number of amides is 1. The maximum absolute atomic E-state index is 13.6. The molecule has 176 valence electrons. The first-order valence-electron chi connectivity index (χ1n) is 11.9. The first kappa shape index (κ1) is 23.1. The van der Waals surface area contributed by atoms with Gasteiger partial charge < -0.3 is 9.64 Å². The number of rotatable bonds is 5. The summed E-state index contributed by atoms with van der Waals surface area (Å²) in [5.41, 5.74) is 2.21. The van der Waals surface area contributed by atoms with Gasteiger partial charge in [-0.05, 0) is 49.2 Å². The van der Waals surface area contributed by atoms with Gasteiger partial charge in [0.2, 0.25) is 5.91 Å². The second-order valence-electron chi connectivity index (χ2n) is 9.37. The van der Waals surface area contributed by atoms with Crippen LogP contribution >= 0.6 is 23.2 Å². The molecule has 0 aliphatic carbocycles. The molecular weight excluding hydrogens is 457 g/mol. The van der Waals surface area contributed by atoms with Gasteiger partial charge in [-0.25, -0.2) is 0 Å². The molecule has 2 aromatic rings. The van der Waals surface area contributed by atoms with Gasteiger partial charge in [0.25, 0.3) is 0 Å². The minimum Gasteiger partial charge on any atom is -0.378 e. The smallest absolute Gasteiger partial charge is 0.227 e. The van der Waals surface area contributed by atoms with E-state index in [9.17, 15) is 4.79 Å². The molecule has 0 saturated carbocycles. The number of nitrogens with zero attached hydrogens (tertiary/aromatic N) is 3. The van der Waals surface area contributed by atoms with Crippen LogP contribution < -0.4 is 0 Å². The number of carbonyl (C=O) groups is 1. The van der Waals surface area contributed by atoms with Crippen molar-refractivity contribution in [2.24, 2.45) is 0 Å². The van der Waals surface area contributed by atoms with E-state index >= 15 is 0 Å². The van der Waals surface area contributed by atoms with Crippen LogP contribution in [0.25, 0.3) is 0 Å². The van der Waals surface area contributed by atoms with Crippen LogP contribution in [0.3, 0.4) is 0 Å². The van der Waals surface area contributed by atoms with E-state index < -0.39 is 0 Å². The van der Waals surface area contributed by atoms with Crippen molar-refractivity contribution in [1.82, 2.24) is 14.7 Å². The van der Waals surface area contributed by atoms with Gasteiger partial charge in [0.15, 0.2) is 0 Å². The van der Waals surface area contributed by atoms with Crippen LogP contribution in [0.4, 0.5) is 0 Å². The Bertz CT molecular complexity index is 967. The molecule has 3 atom stereocenters. The maximum atomic E-state index is 13.6. The van der Waals surface area contributed by atoms with Crippen LogP contribution in [0.2, 0.25) is 10.0 Å². The molecule has 0 N–H and O–H groups in total. The molecule has 5 rings (SSSR count). The van der Waals surface area contributed by atoms with Crippen molar-refractivity contribution in [2.45, 2.75) is 43.9 Å². The van der Waals surface area contributed by atoms with Crippen LogP contribution in [-0.2, 0) is 22.5 Å². The summed E-state index contributed by atoms with van der Waals surface area (Å²) >= 11 is 12.3. The Morgan fingerprint density at radius 1 is 0.879 bits per heavy atom. The Morgan fingerprint density at radius 3 is 2.39 bits per heavy atom. The third-order valence-corrected chi connectivity index (χ3v) is 8.06. The van der Waals surface area contributed by atoms with Gasteiger partial charge in [0, 0.05) is 19.6 Å². The first-order chi connectivity index (χ1) is 16.1. The van der Waals surface area contributed by atoms with E-state index in [-0.39, 0.29) is 24.0 Å². The standard InChI is InChI=1S/C26H31Cl2N3O2/c27-21-9-8-20(14-22(21)28)15-25(32)31-13-12-30(16-19-6-2-1-3-7-19)24-18-33-17-23(26(24)31)29-10-4-5-11-29/h1-3,6-9,14,23-24,26H,4-5,10-13,15-18H2/t23?,24-,26-/m1/s1. The Morgan fingerprint density at radius 2 is 1.64 bits per heavy atom. The Hall–Kier alpha value is -1.63. The third-order valence-electron chi connectivity index (χ3n) is 7.32. The Kier molecular flexibility index (Phi) is 7.24. The number of hydrogen-bond acceptors (Lipinski definition) is 4. The van der Waals surface area contributed by atoms with Gasteiger partial charge in [-0.2, -0.15) is 0 Å². The van der Waals surface area contributed by atoms with Crippen LogP contribution in [0.15, 0.2) is 48.5 Å². The topological polar surface area (TPSA) is 36.0 Å². The number of hydrogen-bond donors (Lipinski definition) is 0. The number of piperazine rings is 1. The molecule has 3 fully saturated rings. The first-order valence-corrected chi connectivity index (χ1v) is 12.7. The van der Waals surface area contributed by atoms with Crippen molar-refractivity contribution in [3.8, 4) is 0 Å². The van der Waals surface area contributed by atoms with Gasteiger partial charge >= 0.3 is 0 Å². The molecule has 0 radical (unpaired) electrons. The summed E-state index contributed by atoms with van der Waals surface area (Å²) in [7, 11) is 0. The SMILES string of the molecule is O=C(Cc1ccc(Cl)c(Cl)c1)N1CCN(Cc2ccccc2)[C@@H]2COCC(N3CCCC3)[C@H]21. The highest BCUT2D eigenvalue weighted by molar-refractivity contribution is 6.42. The summed E-state index contributed by atoms with van der Waals surface area (Å²) in [6, 6.07) is 16.6. The lowest BCUT2D eigenvalue weighted by atomic mass is 9.90. The lowest BCUT2D eigenvalue weighted by molar-refractivity contribution is -0.153. The highest BCUT2D eigenvalue weighted by atomic mass is 35.5. The molecule has 33 heavy (non-hydrogen) atoms. The normalized spacial score (nSPS) is 26.4. The minimum atomic E-state index is 0.129. The monoisotopic (exact) mass is 487 g/mol. The van der Waals surface area contributed by atoms with E-state index in [2.05, 4.69) is 45.0 Å². The van der Waals surface area contributed by atoms with Crippen LogP contribution in [0.1, 0.15) is 24.0 Å². The van der Waals surface area contributed by atoms with E-state index in [1.807, 2.05) is 12.1 Å². The lowest BCUT2D eigenvalue weighted by Gasteiger charge is -2.54. The van der Waals surface area contributed by atoms with E-state index in [1.54, 1.807) is 6.07 Å². The fraction of sp³-hybridized carbons (Fsp3) is 0.500. The summed E-state index contributed by atoms with van der Waals surface area (Å²) in [5.74, 6) is 0.161. The van der Waals surface area contributed by atoms with Crippen molar-refractivity contribution < 1.29 is 9.53 Å². The number of benzene rings is 2. The summed E-state index contributed by atoms with van der Waals surface area (Å²) in [5, 5.41) is 1.01. The van der Waals surface area contributed by atoms with Crippen molar-refractivity contribution >= 4 is 29.1 Å². The third kappa shape index (κ3) is 5.08. The van der Waals surface area contributed by atoms with E-state index in [0.29, 0.717) is 29.7 Å². The van der Waals surface area contributed by atoms with E-state index in [0.717, 1.165) is 38.3 Å². The molecule has 3 heterocycles. The molecule has 0 spiro atoms. The molecule has 5 nitrogen and oxygen atoms in total. The summed E-state index contributed by atoms with van der Waals surface area (Å²) < 4.78 is 6.15. The molecule has 3 aliphatic heterocycles. The van der Waals surface area contributed by atoms with E-state index in [4.69, 9.17) is 27.9 Å². The number of carbonyl (C=O) groups excluding carboxylic acids is 1. The maximum Gasteiger partial charge on any atom is 0.227 e. The Labute approximate surface area is 206 Å². The van der Waals surface area contributed by atoms with Gasteiger partial charge in [-0.3, -0.25) is 14.6 Å². The second kappa shape index (κ2) is 10.3. The largest absolute Gasteiger partial charge is 0.378 e. The van der Waals surface area contributed by atoms with Gasteiger partial charge in [-0.1, -0.05) is 59.6 Å². The van der Waals surface area contributed by atoms with Crippen LogP contribution in [-0.4, -0.2) is 78.1 Å².